The molecule has 0 N–H and O–H groups in total. The number of anilines is 1. The molecular formula is C16H20N4OS. The average molecular weight is 316 g/mol. The fraction of sp³-hybridized carbons (Fsp3) is 0.438. The summed E-state index contributed by atoms with van der Waals surface area (Å²) in [6, 6.07) is 8.09. The van der Waals surface area contributed by atoms with Crippen molar-refractivity contribution in [2.24, 2.45) is 5.92 Å². The third kappa shape index (κ3) is 3.11. The number of nitrogens with zero attached hydrogens (tertiary/aromatic N) is 4. The molecule has 0 atom stereocenters. The highest BCUT2D eigenvalue weighted by molar-refractivity contribution is 7.13. The van der Waals surface area contributed by atoms with Gasteiger partial charge in [-0.25, -0.2) is 0 Å². The van der Waals surface area contributed by atoms with E-state index >= 15 is 0 Å². The Labute approximate surface area is 134 Å². The smallest absolute Gasteiger partial charge is 0.225 e. The van der Waals surface area contributed by atoms with Gasteiger partial charge < -0.3 is 9.80 Å². The topological polar surface area (TPSA) is 49.3 Å². The van der Waals surface area contributed by atoms with Gasteiger partial charge >= 0.3 is 0 Å². The van der Waals surface area contributed by atoms with Gasteiger partial charge in [-0.05, 0) is 23.6 Å². The maximum atomic E-state index is 12.0. The number of amides is 1. The first-order valence-corrected chi connectivity index (χ1v) is 8.44. The molecule has 116 valence electrons. The summed E-state index contributed by atoms with van der Waals surface area (Å²) in [5, 5.41) is 10.7. The molecule has 0 bridgehead atoms. The van der Waals surface area contributed by atoms with Gasteiger partial charge in [0.1, 0.15) is 5.69 Å². The number of hydrogen-bond donors (Lipinski definition) is 0. The summed E-state index contributed by atoms with van der Waals surface area (Å²) in [6.07, 6.45) is 0. The summed E-state index contributed by atoms with van der Waals surface area (Å²) in [6.45, 7) is 7.03. The minimum atomic E-state index is 0.0661. The zero-order valence-electron chi connectivity index (χ0n) is 12.9. The van der Waals surface area contributed by atoms with Crippen molar-refractivity contribution in [2.45, 2.75) is 13.8 Å². The van der Waals surface area contributed by atoms with Crippen LogP contribution in [-0.2, 0) is 4.79 Å². The third-order valence-corrected chi connectivity index (χ3v) is 4.73. The number of piperazine rings is 1. The molecular weight excluding hydrogens is 296 g/mol. The van der Waals surface area contributed by atoms with Gasteiger partial charge in [-0.2, -0.15) is 0 Å². The fourth-order valence-corrected chi connectivity index (χ4v) is 3.26. The van der Waals surface area contributed by atoms with E-state index in [1.165, 1.54) is 0 Å². The normalized spacial score (nSPS) is 15.4. The van der Waals surface area contributed by atoms with Gasteiger partial charge in [0.2, 0.25) is 5.91 Å². The molecule has 3 heterocycles. The van der Waals surface area contributed by atoms with E-state index in [1.54, 1.807) is 11.3 Å². The Morgan fingerprint density at radius 3 is 2.45 bits per heavy atom. The standard InChI is InChI=1S/C16H20N4OS/c1-12(2)16(21)20-9-7-19(8-10-20)15-6-5-13(17-18-15)14-4-3-11-22-14/h3-6,11-12H,7-10H2,1-2H3. The van der Waals surface area contributed by atoms with Crippen LogP contribution in [0.2, 0.25) is 0 Å². The van der Waals surface area contributed by atoms with E-state index in [4.69, 9.17) is 0 Å². The molecule has 5 nitrogen and oxygen atoms in total. The summed E-state index contributed by atoms with van der Waals surface area (Å²) in [7, 11) is 0. The van der Waals surface area contributed by atoms with Crippen LogP contribution in [0.4, 0.5) is 5.82 Å². The molecule has 0 unspecified atom stereocenters. The molecule has 2 aromatic rings. The second-order valence-electron chi connectivity index (χ2n) is 5.72. The Morgan fingerprint density at radius 2 is 1.91 bits per heavy atom. The summed E-state index contributed by atoms with van der Waals surface area (Å²) in [5.74, 6) is 1.19. The Hall–Kier alpha value is -1.95. The van der Waals surface area contributed by atoms with Gasteiger partial charge in [-0.3, -0.25) is 4.79 Å². The van der Waals surface area contributed by atoms with Gasteiger partial charge in [-0.1, -0.05) is 19.9 Å². The predicted molar refractivity (Wildman–Crippen MR) is 89.0 cm³/mol. The van der Waals surface area contributed by atoms with Crippen molar-refractivity contribution in [1.82, 2.24) is 15.1 Å². The van der Waals surface area contributed by atoms with Crippen LogP contribution >= 0.6 is 11.3 Å². The van der Waals surface area contributed by atoms with Crippen LogP contribution in [0.3, 0.4) is 0 Å². The second kappa shape index (κ2) is 6.44. The minimum Gasteiger partial charge on any atom is -0.352 e. The summed E-state index contributed by atoms with van der Waals surface area (Å²) >= 11 is 1.66. The highest BCUT2D eigenvalue weighted by Gasteiger charge is 2.23. The predicted octanol–water partition coefficient (Wildman–Crippen LogP) is 2.51. The quantitative estimate of drug-likeness (QED) is 0.873. The van der Waals surface area contributed by atoms with Gasteiger partial charge in [0, 0.05) is 32.1 Å². The van der Waals surface area contributed by atoms with Crippen LogP contribution < -0.4 is 4.90 Å². The van der Waals surface area contributed by atoms with E-state index in [1.807, 2.05) is 48.4 Å². The highest BCUT2D eigenvalue weighted by atomic mass is 32.1. The van der Waals surface area contributed by atoms with Crippen molar-refractivity contribution in [3.8, 4) is 10.6 Å². The monoisotopic (exact) mass is 316 g/mol. The Balaban J connectivity index is 1.63. The van der Waals surface area contributed by atoms with Crippen LogP contribution in [0.15, 0.2) is 29.6 Å². The number of carbonyl (C=O) groups is 1. The molecule has 1 aliphatic heterocycles. The SMILES string of the molecule is CC(C)C(=O)N1CCN(c2ccc(-c3cccs3)nn2)CC1. The number of rotatable bonds is 3. The molecule has 0 spiro atoms. The lowest BCUT2D eigenvalue weighted by molar-refractivity contribution is -0.134. The third-order valence-electron chi connectivity index (χ3n) is 3.83. The molecule has 0 saturated carbocycles. The lowest BCUT2D eigenvalue weighted by Gasteiger charge is -2.36. The van der Waals surface area contributed by atoms with E-state index in [9.17, 15) is 4.79 Å². The molecule has 0 aromatic carbocycles. The lowest BCUT2D eigenvalue weighted by atomic mass is 10.1. The molecule has 3 rings (SSSR count). The Bertz CT molecular complexity index is 616. The molecule has 1 fully saturated rings. The van der Waals surface area contributed by atoms with Gasteiger partial charge in [0.15, 0.2) is 5.82 Å². The van der Waals surface area contributed by atoms with Crippen molar-refractivity contribution in [1.29, 1.82) is 0 Å². The van der Waals surface area contributed by atoms with E-state index in [0.717, 1.165) is 42.6 Å². The number of hydrogen-bond acceptors (Lipinski definition) is 5. The summed E-state index contributed by atoms with van der Waals surface area (Å²) in [5.41, 5.74) is 0.910. The lowest BCUT2D eigenvalue weighted by Crippen LogP contribution is -2.50. The van der Waals surface area contributed by atoms with E-state index in [2.05, 4.69) is 15.1 Å². The molecule has 0 aliphatic carbocycles. The van der Waals surface area contributed by atoms with Gasteiger partial charge in [0.05, 0.1) is 4.88 Å². The number of aromatic nitrogens is 2. The first kappa shape index (κ1) is 15.0. The molecule has 1 saturated heterocycles. The van der Waals surface area contributed by atoms with Gasteiger partial charge in [0.25, 0.3) is 0 Å². The van der Waals surface area contributed by atoms with Crippen molar-refractivity contribution >= 4 is 23.1 Å². The van der Waals surface area contributed by atoms with Crippen molar-refractivity contribution in [3.05, 3.63) is 29.6 Å². The van der Waals surface area contributed by atoms with Crippen LogP contribution in [-0.4, -0.2) is 47.2 Å². The largest absolute Gasteiger partial charge is 0.352 e. The number of carbonyl (C=O) groups excluding carboxylic acids is 1. The molecule has 1 aliphatic rings. The first-order chi connectivity index (χ1) is 10.6. The Kier molecular flexibility index (Phi) is 4.38. The Morgan fingerprint density at radius 1 is 1.14 bits per heavy atom. The van der Waals surface area contributed by atoms with Crippen LogP contribution in [0.5, 0.6) is 0 Å². The van der Waals surface area contributed by atoms with Crippen molar-refractivity contribution in [2.75, 3.05) is 31.1 Å². The van der Waals surface area contributed by atoms with Crippen molar-refractivity contribution in [3.63, 3.8) is 0 Å². The molecule has 0 radical (unpaired) electrons. The zero-order chi connectivity index (χ0) is 15.5. The van der Waals surface area contributed by atoms with E-state index < -0.39 is 0 Å². The minimum absolute atomic E-state index is 0.0661. The van der Waals surface area contributed by atoms with Gasteiger partial charge in [-0.15, -0.1) is 21.5 Å². The van der Waals surface area contributed by atoms with E-state index in [0.29, 0.717) is 0 Å². The van der Waals surface area contributed by atoms with Crippen LogP contribution in [0, 0.1) is 5.92 Å². The molecule has 6 heteroatoms. The van der Waals surface area contributed by atoms with E-state index in [-0.39, 0.29) is 11.8 Å². The highest BCUT2D eigenvalue weighted by Crippen LogP contribution is 2.23. The summed E-state index contributed by atoms with van der Waals surface area (Å²) < 4.78 is 0. The van der Waals surface area contributed by atoms with Crippen molar-refractivity contribution < 1.29 is 4.79 Å². The number of thiophene rings is 1. The molecule has 22 heavy (non-hydrogen) atoms. The van der Waals surface area contributed by atoms with Crippen LogP contribution in [0.1, 0.15) is 13.8 Å². The maximum Gasteiger partial charge on any atom is 0.225 e. The second-order valence-corrected chi connectivity index (χ2v) is 6.67. The van der Waals surface area contributed by atoms with Crippen LogP contribution in [0.25, 0.3) is 10.6 Å². The summed E-state index contributed by atoms with van der Waals surface area (Å²) in [4.78, 5) is 17.3. The molecule has 1 amide bonds. The maximum absolute atomic E-state index is 12.0. The average Bonchev–Trinajstić information content (AvgIpc) is 3.09. The zero-order valence-corrected chi connectivity index (χ0v) is 13.7. The fourth-order valence-electron chi connectivity index (χ4n) is 2.57. The molecule has 2 aromatic heterocycles. The first-order valence-electron chi connectivity index (χ1n) is 7.56.